The number of nitrogens with one attached hydrogen (secondary N) is 2. The summed E-state index contributed by atoms with van der Waals surface area (Å²) in [5, 5.41) is 0.563. The maximum Gasteiger partial charge on any atom is 0.262 e. The molecule has 0 unspecified atom stereocenters. The van der Waals surface area contributed by atoms with E-state index in [2.05, 4.69) is 37.8 Å². The Labute approximate surface area is 163 Å². The third-order valence-corrected chi connectivity index (χ3v) is 5.63. The van der Waals surface area contributed by atoms with Crippen molar-refractivity contribution in [1.29, 1.82) is 0 Å². The predicted molar refractivity (Wildman–Crippen MR) is 108 cm³/mol. The summed E-state index contributed by atoms with van der Waals surface area (Å²) in [4.78, 5) is 30.3. The first-order chi connectivity index (χ1) is 12.6. The van der Waals surface area contributed by atoms with Gasteiger partial charge < -0.3 is 0 Å². The number of aryl methyl sites for hydroxylation is 1. The van der Waals surface area contributed by atoms with Crippen LogP contribution in [0.1, 0.15) is 24.6 Å². The molecule has 136 valence electrons. The van der Waals surface area contributed by atoms with Gasteiger partial charge in [-0.3, -0.25) is 25.0 Å². The number of aromatic nitrogens is 2. The van der Waals surface area contributed by atoms with E-state index in [9.17, 15) is 9.59 Å². The average molecular weight is 435 g/mol. The SMILES string of the molecule is CCn1c(NNC(=O)CCCc2ccc(Br)s2)nc2ccccc2c1=O. The van der Waals surface area contributed by atoms with Crippen LogP contribution < -0.4 is 16.4 Å². The summed E-state index contributed by atoms with van der Waals surface area (Å²) in [5.74, 6) is 0.206. The van der Waals surface area contributed by atoms with Crippen LogP contribution in [0.3, 0.4) is 0 Å². The summed E-state index contributed by atoms with van der Waals surface area (Å²) in [6, 6.07) is 11.2. The van der Waals surface area contributed by atoms with Crippen molar-refractivity contribution in [2.24, 2.45) is 0 Å². The molecule has 1 amide bonds. The van der Waals surface area contributed by atoms with E-state index in [0.29, 0.717) is 29.8 Å². The molecule has 0 aliphatic carbocycles. The number of fused-ring (bicyclic) bond motifs is 1. The summed E-state index contributed by atoms with van der Waals surface area (Å²) in [6.45, 7) is 2.33. The molecule has 0 bridgehead atoms. The zero-order valence-corrected chi connectivity index (χ0v) is 16.7. The molecule has 1 aromatic carbocycles. The molecular formula is C18H19BrN4O2S. The van der Waals surface area contributed by atoms with Gasteiger partial charge in [0, 0.05) is 17.8 Å². The van der Waals surface area contributed by atoms with Crippen LogP contribution in [0.15, 0.2) is 45.0 Å². The summed E-state index contributed by atoms with van der Waals surface area (Å²) < 4.78 is 2.60. The molecule has 0 fully saturated rings. The van der Waals surface area contributed by atoms with Crippen LogP contribution in [-0.4, -0.2) is 15.5 Å². The van der Waals surface area contributed by atoms with Gasteiger partial charge in [0.2, 0.25) is 11.9 Å². The molecule has 26 heavy (non-hydrogen) atoms. The number of hydrazine groups is 1. The monoisotopic (exact) mass is 434 g/mol. The molecular weight excluding hydrogens is 416 g/mol. The van der Waals surface area contributed by atoms with Crippen molar-refractivity contribution in [3.63, 3.8) is 0 Å². The van der Waals surface area contributed by atoms with E-state index in [1.165, 1.54) is 9.44 Å². The van der Waals surface area contributed by atoms with Crippen molar-refractivity contribution in [2.75, 3.05) is 5.43 Å². The molecule has 3 aromatic rings. The molecule has 0 saturated carbocycles. The topological polar surface area (TPSA) is 76.0 Å². The fourth-order valence-electron chi connectivity index (χ4n) is 2.65. The normalized spacial score (nSPS) is 10.8. The van der Waals surface area contributed by atoms with Gasteiger partial charge in [0.05, 0.1) is 14.7 Å². The minimum Gasteiger partial charge on any atom is -0.277 e. The lowest BCUT2D eigenvalue weighted by Gasteiger charge is -2.14. The van der Waals surface area contributed by atoms with Gasteiger partial charge >= 0.3 is 0 Å². The number of benzene rings is 1. The van der Waals surface area contributed by atoms with Crippen molar-refractivity contribution in [1.82, 2.24) is 15.0 Å². The highest BCUT2D eigenvalue weighted by Crippen LogP contribution is 2.23. The van der Waals surface area contributed by atoms with E-state index in [4.69, 9.17) is 0 Å². The minimum absolute atomic E-state index is 0.127. The number of thiophene rings is 1. The first-order valence-corrected chi connectivity index (χ1v) is 9.98. The summed E-state index contributed by atoms with van der Waals surface area (Å²) in [6.07, 6.45) is 2.01. The lowest BCUT2D eigenvalue weighted by atomic mass is 10.2. The number of hydrogen-bond acceptors (Lipinski definition) is 5. The number of anilines is 1. The number of rotatable bonds is 7. The Morgan fingerprint density at radius 3 is 2.81 bits per heavy atom. The quantitative estimate of drug-likeness (QED) is 0.555. The first-order valence-electron chi connectivity index (χ1n) is 8.37. The van der Waals surface area contributed by atoms with Gasteiger partial charge in [-0.05, 0) is 60.0 Å². The number of amides is 1. The molecule has 6 nitrogen and oxygen atoms in total. The van der Waals surface area contributed by atoms with E-state index < -0.39 is 0 Å². The van der Waals surface area contributed by atoms with Crippen LogP contribution in [0.25, 0.3) is 10.9 Å². The van der Waals surface area contributed by atoms with Gasteiger partial charge in [-0.25, -0.2) is 4.98 Å². The van der Waals surface area contributed by atoms with Crippen molar-refractivity contribution in [3.8, 4) is 0 Å². The molecule has 2 N–H and O–H groups in total. The zero-order chi connectivity index (χ0) is 18.5. The number of halogens is 1. The third kappa shape index (κ3) is 4.31. The number of nitrogens with zero attached hydrogens (tertiary/aromatic N) is 2. The Morgan fingerprint density at radius 2 is 2.08 bits per heavy atom. The van der Waals surface area contributed by atoms with Crippen LogP contribution >= 0.6 is 27.3 Å². The highest BCUT2D eigenvalue weighted by Gasteiger charge is 2.10. The third-order valence-electron chi connectivity index (χ3n) is 3.95. The largest absolute Gasteiger partial charge is 0.277 e. The zero-order valence-electron chi connectivity index (χ0n) is 14.3. The number of carbonyl (C=O) groups is 1. The Balaban J connectivity index is 1.61. The highest BCUT2D eigenvalue weighted by molar-refractivity contribution is 9.11. The molecule has 0 aliphatic rings. The van der Waals surface area contributed by atoms with Gasteiger partial charge in [-0.2, -0.15) is 0 Å². The van der Waals surface area contributed by atoms with Gasteiger partial charge in [-0.1, -0.05) is 12.1 Å². The lowest BCUT2D eigenvalue weighted by molar-refractivity contribution is -0.120. The van der Waals surface area contributed by atoms with Crippen LogP contribution in [0.2, 0.25) is 0 Å². The second-order valence-electron chi connectivity index (χ2n) is 5.73. The Morgan fingerprint density at radius 1 is 1.27 bits per heavy atom. The standard InChI is InChI=1S/C18H19BrN4O2S/c1-2-23-17(25)13-7-3-4-8-14(13)20-18(23)22-21-16(24)9-5-6-12-10-11-15(19)26-12/h3-4,7-8,10-11H,2,5-6,9H2,1H3,(H,20,22)(H,21,24). The number of hydrogen-bond donors (Lipinski definition) is 2. The van der Waals surface area contributed by atoms with E-state index in [1.807, 2.05) is 25.1 Å². The second-order valence-corrected chi connectivity index (χ2v) is 8.28. The second kappa shape index (κ2) is 8.46. The molecule has 0 saturated heterocycles. The Bertz CT molecular complexity index is 983. The van der Waals surface area contributed by atoms with E-state index >= 15 is 0 Å². The maximum atomic E-state index is 12.5. The summed E-state index contributed by atoms with van der Waals surface area (Å²) in [5.41, 5.74) is 5.91. The summed E-state index contributed by atoms with van der Waals surface area (Å²) >= 11 is 5.11. The van der Waals surface area contributed by atoms with Crippen LogP contribution in [-0.2, 0) is 17.8 Å². The molecule has 3 rings (SSSR count). The van der Waals surface area contributed by atoms with Gasteiger partial charge in [0.25, 0.3) is 5.56 Å². The molecule has 0 atom stereocenters. The molecule has 8 heteroatoms. The number of para-hydroxylation sites is 1. The molecule has 2 aromatic heterocycles. The predicted octanol–water partition coefficient (Wildman–Crippen LogP) is 3.71. The number of carbonyl (C=O) groups excluding carboxylic acids is 1. The van der Waals surface area contributed by atoms with Gasteiger partial charge in [0.1, 0.15) is 0 Å². The van der Waals surface area contributed by atoms with Crippen molar-refractivity contribution < 1.29 is 4.79 Å². The van der Waals surface area contributed by atoms with Crippen LogP contribution in [0.4, 0.5) is 5.95 Å². The van der Waals surface area contributed by atoms with E-state index in [-0.39, 0.29) is 11.5 Å². The lowest BCUT2D eigenvalue weighted by Crippen LogP contribution is -2.34. The highest BCUT2D eigenvalue weighted by atomic mass is 79.9. The molecule has 0 spiro atoms. The van der Waals surface area contributed by atoms with Crippen LogP contribution in [0, 0.1) is 0 Å². The molecule has 2 heterocycles. The smallest absolute Gasteiger partial charge is 0.262 e. The van der Waals surface area contributed by atoms with Gasteiger partial charge in [-0.15, -0.1) is 11.3 Å². The average Bonchev–Trinajstić information content (AvgIpc) is 3.05. The minimum atomic E-state index is -0.134. The van der Waals surface area contributed by atoms with Crippen molar-refractivity contribution >= 4 is 50.0 Å². The Kier molecular flexibility index (Phi) is 6.05. The van der Waals surface area contributed by atoms with Crippen LogP contribution in [0.5, 0.6) is 0 Å². The Hall–Kier alpha value is -2.19. The molecule has 0 aliphatic heterocycles. The van der Waals surface area contributed by atoms with Crippen molar-refractivity contribution in [3.05, 3.63) is 55.4 Å². The fraction of sp³-hybridized carbons (Fsp3) is 0.278. The van der Waals surface area contributed by atoms with E-state index in [0.717, 1.165) is 16.6 Å². The maximum absolute atomic E-state index is 12.5. The van der Waals surface area contributed by atoms with E-state index in [1.54, 1.807) is 23.5 Å². The molecule has 0 radical (unpaired) electrons. The fourth-order valence-corrected chi connectivity index (χ4v) is 4.18. The van der Waals surface area contributed by atoms with Gasteiger partial charge in [0.15, 0.2) is 0 Å². The first kappa shape index (κ1) is 18.6. The summed E-state index contributed by atoms with van der Waals surface area (Å²) in [7, 11) is 0. The van der Waals surface area contributed by atoms with Crippen molar-refractivity contribution in [2.45, 2.75) is 32.7 Å².